The Morgan fingerprint density at radius 2 is 2.11 bits per heavy atom. The van der Waals surface area contributed by atoms with Gasteiger partial charge in [-0.15, -0.1) is 0 Å². The Hall–Kier alpha value is -2.20. The summed E-state index contributed by atoms with van der Waals surface area (Å²) in [5, 5.41) is 3.44. The van der Waals surface area contributed by atoms with Crippen molar-refractivity contribution < 1.29 is 0 Å². The number of nitrogens with zero attached hydrogens (tertiary/aromatic N) is 2. The van der Waals surface area contributed by atoms with Crippen LogP contribution in [0.4, 0.5) is 0 Å². The molecule has 1 unspecified atom stereocenters. The van der Waals surface area contributed by atoms with Gasteiger partial charge in [0.2, 0.25) is 0 Å². The first-order chi connectivity index (χ1) is 9.33. The molecular weight excluding hydrogens is 236 g/mol. The van der Waals surface area contributed by atoms with Gasteiger partial charge in [0, 0.05) is 18.9 Å². The monoisotopic (exact) mass is 252 g/mol. The van der Waals surface area contributed by atoms with Crippen molar-refractivity contribution in [3.8, 4) is 0 Å². The van der Waals surface area contributed by atoms with E-state index in [1.54, 1.807) is 6.20 Å². The molecule has 0 aliphatic carbocycles. The van der Waals surface area contributed by atoms with Gasteiger partial charge in [0.25, 0.3) is 0 Å². The Balaban J connectivity index is 1.71. The first kappa shape index (κ1) is 11.9. The van der Waals surface area contributed by atoms with Gasteiger partial charge in [-0.3, -0.25) is 4.98 Å². The van der Waals surface area contributed by atoms with Crippen LogP contribution in [0.2, 0.25) is 0 Å². The number of aromatic amines is 1. The lowest BCUT2D eigenvalue weighted by Gasteiger charge is -2.10. The predicted molar refractivity (Wildman–Crippen MR) is 75.6 cm³/mol. The van der Waals surface area contributed by atoms with Gasteiger partial charge in [-0.05, 0) is 30.7 Å². The summed E-state index contributed by atoms with van der Waals surface area (Å²) in [6.45, 7) is 2.89. The Labute approximate surface area is 111 Å². The van der Waals surface area contributed by atoms with Gasteiger partial charge in [0.1, 0.15) is 5.82 Å². The molecule has 0 saturated heterocycles. The summed E-state index contributed by atoms with van der Waals surface area (Å²) in [6.07, 6.45) is 3.66. The van der Waals surface area contributed by atoms with Gasteiger partial charge < -0.3 is 10.3 Å². The number of aromatic nitrogens is 3. The maximum absolute atomic E-state index is 4.59. The third-order valence-corrected chi connectivity index (χ3v) is 3.15. The van der Waals surface area contributed by atoms with Crippen molar-refractivity contribution in [2.24, 2.45) is 0 Å². The molecule has 4 nitrogen and oxygen atoms in total. The lowest BCUT2D eigenvalue weighted by molar-refractivity contribution is 0.551. The van der Waals surface area contributed by atoms with Crippen LogP contribution in [-0.4, -0.2) is 15.0 Å². The Bertz CT molecular complexity index is 627. The van der Waals surface area contributed by atoms with Crippen molar-refractivity contribution in [2.45, 2.75) is 19.5 Å². The maximum Gasteiger partial charge on any atom is 0.124 e. The van der Waals surface area contributed by atoms with Crippen LogP contribution in [0.1, 0.15) is 24.4 Å². The van der Waals surface area contributed by atoms with Gasteiger partial charge in [-0.1, -0.05) is 18.2 Å². The molecule has 2 aromatic heterocycles. The number of hydrogen-bond donors (Lipinski definition) is 2. The van der Waals surface area contributed by atoms with Crippen molar-refractivity contribution in [2.75, 3.05) is 0 Å². The second-order valence-corrected chi connectivity index (χ2v) is 4.60. The molecule has 0 saturated carbocycles. The minimum Gasteiger partial charge on any atom is -0.341 e. The van der Waals surface area contributed by atoms with E-state index < -0.39 is 0 Å². The molecular formula is C15H16N4. The highest BCUT2D eigenvalue weighted by molar-refractivity contribution is 5.74. The van der Waals surface area contributed by atoms with Gasteiger partial charge in [-0.25, -0.2) is 4.98 Å². The number of H-pyrrole nitrogens is 1. The molecule has 0 fully saturated rings. The zero-order valence-corrected chi connectivity index (χ0v) is 10.8. The quantitative estimate of drug-likeness (QED) is 0.750. The molecule has 0 aliphatic rings. The van der Waals surface area contributed by atoms with E-state index in [0.717, 1.165) is 23.4 Å². The Morgan fingerprint density at radius 1 is 1.21 bits per heavy atom. The molecule has 3 rings (SSSR count). The van der Waals surface area contributed by atoms with E-state index in [-0.39, 0.29) is 6.04 Å². The molecule has 2 N–H and O–H groups in total. The van der Waals surface area contributed by atoms with Crippen LogP contribution in [0.25, 0.3) is 11.0 Å². The van der Waals surface area contributed by atoms with E-state index in [0.29, 0.717) is 0 Å². The summed E-state index contributed by atoms with van der Waals surface area (Å²) < 4.78 is 0. The molecule has 4 heteroatoms. The molecule has 0 amide bonds. The van der Waals surface area contributed by atoms with Crippen molar-refractivity contribution in [3.63, 3.8) is 0 Å². The second-order valence-electron chi connectivity index (χ2n) is 4.60. The van der Waals surface area contributed by atoms with Gasteiger partial charge in [0.05, 0.1) is 17.1 Å². The number of para-hydroxylation sites is 2. The zero-order chi connectivity index (χ0) is 13.1. The van der Waals surface area contributed by atoms with E-state index in [1.165, 1.54) is 5.56 Å². The van der Waals surface area contributed by atoms with Gasteiger partial charge in [0.15, 0.2) is 0 Å². The number of benzene rings is 1. The van der Waals surface area contributed by atoms with E-state index in [9.17, 15) is 0 Å². The van der Waals surface area contributed by atoms with Crippen molar-refractivity contribution in [1.29, 1.82) is 0 Å². The number of rotatable bonds is 4. The number of fused-ring (bicyclic) bond motifs is 1. The van der Waals surface area contributed by atoms with Crippen LogP contribution < -0.4 is 5.32 Å². The summed E-state index contributed by atoms with van der Waals surface area (Å²) in [5.74, 6) is 0.963. The fourth-order valence-corrected chi connectivity index (χ4v) is 2.05. The van der Waals surface area contributed by atoms with Crippen LogP contribution >= 0.6 is 0 Å². The van der Waals surface area contributed by atoms with E-state index in [1.807, 2.05) is 36.5 Å². The standard InChI is InChI=1S/C15H16N4/c1-11(17-10-12-5-4-8-16-9-12)15-18-13-6-2-3-7-14(13)19-15/h2-9,11,17H,10H2,1H3,(H,18,19). The van der Waals surface area contributed by atoms with E-state index >= 15 is 0 Å². The van der Waals surface area contributed by atoms with Crippen LogP contribution in [0, 0.1) is 0 Å². The summed E-state index contributed by atoms with van der Waals surface area (Å²) >= 11 is 0. The smallest absolute Gasteiger partial charge is 0.124 e. The molecule has 1 atom stereocenters. The summed E-state index contributed by atoms with van der Waals surface area (Å²) in [4.78, 5) is 12.0. The van der Waals surface area contributed by atoms with Crippen LogP contribution in [0.15, 0.2) is 48.8 Å². The van der Waals surface area contributed by atoms with Crippen LogP contribution in [0.3, 0.4) is 0 Å². The Kier molecular flexibility index (Phi) is 3.25. The number of hydrogen-bond acceptors (Lipinski definition) is 3. The van der Waals surface area contributed by atoms with E-state index in [4.69, 9.17) is 0 Å². The third-order valence-electron chi connectivity index (χ3n) is 3.15. The molecule has 96 valence electrons. The second kappa shape index (κ2) is 5.20. The number of imidazole rings is 1. The first-order valence-corrected chi connectivity index (χ1v) is 6.40. The average Bonchev–Trinajstić information content (AvgIpc) is 2.90. The zero-order valence-electron chi connectivity index (χ0n) is 10.8. The highest BCUT2D eigenvalue weighted by Crippen LogP contribution is 2.15. The molecule has 19 heavy (non-hydrogen) atoms. The normalized spacial score (nSPS) is 12.7. The molecule has 0 aliphatic heterocycles. The molecule has 0 spiro atoms. The topological polar surface area (TPSA) is 53.6 Å². The summed E-state index contributed by atoms with van der Waals surface area (Å²) in [7, 11) is 0. The minimum atomic E-state index is 0.174. The molecule has 0 radical (unpaired) electrons. The first-order valence-electron chi connectivity index (χ1n) is 6.40. The fraction of sp³-hybridized carbons (Fsp3) is 0.200. The number of nitrogens with one attached hydrogen (secondary N) is 2. The summed E-state index contributed by atoms with van der Waals surface area (Å²) in [5.41, 5.74) is 3.26. The van der Waals surface area contributed by atoms with E-state index in [2.05, 4.69) is 33.3 Å². The van der Waals surface area contributed by atoms with Crippen molar-refractivity contribution in [3.05, 3.63) is 60.2 Å². The molecule has 1 aromatic carbocycles. The van der Waals surface area contributed by atoms with Crippen LogP contribution in [0.5, 0.6) is 0 Å². The molecule has 2 heterocycles. The summed E-state index contributed by atoms with van der Waals surface area (Å²) in [6, 6.07) is 12.3. The Morgan fingerprint density at radius 3 is 2.89 bits per heavy atom. The molecule has 0 bridgehead atoms. The fourth-order valence-electron chi connectivity index (χ4n) is 2.05. The highest BCUT2D eigenvalue weighted by atomic mass is 15.0. The van der Waals surface area contributed by atoms with Gasteiger partial charge >= 0.3 is 0 Å². The maximum atomic E-state index is 4.59. The largest absolute Gasteiger partial charge is 0.341 e. The average molecular weight is 252 g/mol. The van der Waals surface area contributed by atoms with Crippen molar-refractivity contribution in [1.82, 2.24) is 20.3 Å². The SMILES string of the molecule is CC(NCc1cccnc1)c1nc2ccccc2[nH]1. The predicted octanol–water partition coefficient (Wildman–Crippen LogP) is 2.81. The lowest BCUT2D eigenvalue weighted by atomic mass is 10.2. The lowest BCUT2D eigenvalue weighted by Crippen LogP contribution is -2.19. The number of pyridine rings is 1. The van der Waals surface area contributed by atoms with Crippen molar-refractivity contribution >= 4 is 11.0 Å². The van der Waals surface area contributed by atoms with Gasteiger partial charge in [-0.2, -0.15) is 0 Å². The third kappa shape index (κ3) is 2.63. The molecule has 3 aromatic rings. The minimum absolute atomic E-state index is 0.174. The highest BCUT2D eigenvalue weighted by Gasteiger charge is 2.09. The van der Waals surface area contributed by atoms with Crippen LogP contribution in [-0.2, 0) is 6.54 Å².